The van der Waals surface area contributed by atoms with Gasteiger partial charge in [0.15, 0.2) is 6.10 Å². The highest BCUT2D eigenvalue weighted by atomic mass is 16.6. The molecular formula is C64H124O6. The molecule has 0 aliphatic carbocycles. The van der Waals surface area contributed by atoms with Crippen molar-refractivity contribution in [2.45, 2.75) is 362 Å². The first-order valence-corrected chi connectivity index (χ1v) is 31.6. The van der Waals surface area contributed by atoms with Crippen molar-refractivity contribution >= 4 is 17.9 Å². The summed E-state index contributed by atoms with van der Waals surface area (Å²) in [5.74, 6) is 1.68. The maximum atomic E-state index is 12.9. The van der Waals surface area contributed by atoms with Crippen LogP contribution in [-0.2, 0) is 28.6 Å². The van der Waals surface area contributed by atoms with Crippen LogP contribution < -0.4 is 0 Å². The molecule has 0 bridgehead atoms. The van der Waals surface area contributed by atoms with Gasteiger partial charge in [-0.25, -0.2) is 0 Å². The maximum Gasteiger partial charge on any atom is 0.306 e. The van der Waals surface area contributed by atoms with Crippen LogP contribution in [-0.4, -0.2) is 37.2 Å². The Balaban J connectivity index is 4.24. The summed E-state index contributed by atoms with van der Waals surface area (Å²) in [5, 5.41) is 0. The molecule has 0 aromatic rings. The molecule has 0 fully saturated rings. The summed E-state index contributed by atoms with van der Waals surface area (Å²) in [5.41, 5.74) is 0. The average Bonchev–Trinajstić information content (AvgIpc) is 3.32. The number of esters is 3. The van der Waals surface area contributed by atoms with Gasteiger partial charge in [0.25, 0.3) is 0 Å². The molecule has 0 amide bonds. The van der Waals surface area contributed by atoms with Crippen molar-refractivity contribution in [2.24, 2.45) is 17.8 Å². The van der Waals surface area contributed by atoms with E-state index in [4.69, 9.17) is 14.2 Å². The monoisotopic (exact) mass is 989 g/mol. The van der Waals surface area contributed by atoms with Gasteiger partial charge >= 0.3 is 17.9 Å². The normalized spacial score (nSPS) is 12.1. The molecule has 0 aliphatic rings. The highest BCUT2D eigenvalue weighted by molar-refractivity contribution is 5.71. The van der Waals surface area contributed by atoms with Crippen molar-refractivity contribution in [3.05, 3.63) is 0 Å². The standard InChI is InChI=1S/C64H124O6/c1-58(2)50-44-38-32-26-21-17-13-9-7-8-10-16-20-24-30-37-43-49-55-64(67)70-61(57-69-63(66)54-48-42-36-31-25-28-34-40-46-52-60(5)6)56-68-62(65)53-47-41-35-29-23-19-15-12-11-14-18-22-27-33-39-45-51-59(3)4/h58-61H,7-57H2,1-6H3/t61-/m0/s1. The smallest absolute Gasteiger partial charge is 0.306 e. The van der Waals surface area contributed by atoms with E-state index in [1.54, 1.807) is 0 Å². The Morgan fingerprint density at radius 3 is 0.614 bits per heavy atom. The molecule has 0 saturated heterocycles. The van der Waals surface area contributed by atoms with Gasteiger partial charge in [-0.2, -0.15) is 0 Å². The highest BCUT2D eigenvalue weighted by Gasteiger charge is 2.19. The molecule has 6 heteroatoms. The predicted octanol–water partition coefficient (Wildman–Crippen LogP) is 21.1. The predicted molar refractivity (Wildman–Crippen MR) is 303 cm³/mol. The summed E-state index contributed by atoms with van der Waals surface area (Å²) < 4.78 is 16.9. The van der Waals surface area contributed by atoms with Crippen molar-refractivity contribution in [1.82, 2.24) is 0 Å². The van der Waals surface area contributed by atoms with Crippen molar-refractivity contribution in [3.63, 3.8) is 0 Å². The van der Waals surface area contributed by atoms with Crippen LogP contribution in [0.5, 0.6) is 0 Å². The number of carbonyl (C=O) groups excluding carboxylic acids is 3. The largest absolute Gasteiger partial charge is 0.462 e. The molecule has 0 aliphatic heterocycles. The minimum atomic E-state index is -0.764. The van der Waals surface area contributed by atoms with E-state index in [1.807, 2.05) is 0 Å². The first-order valence-electron chi connectivity index (χ1n) is 31.6. The van der Waals surface area contributed by atoms with Crippen LogP contribution in [0.4, 0.5) is 0 Å². The van der Waals surface area contributed by atoms with E-state index < -0.39 is 6.10 Å². The van der Waals surface area contributed by atoms with E-state index in [9.17, 15) is 14.4 Å². The number of carbonyl (C=O) groups is 3. The zero-order valence-electron chi connectivity index (χ0n) is 48.3. The van der Waals surface area contributed by atoms with Crippen LogP contribution in [0.3, 0.4) is 0 Å². The average molecular weight is 990 g/mol. The van der Waals surface area contributed by atoms with Gasteiger partial charge < -0.3 is 14.2 Å². The molecule has 1 atom stereocenters. The van der Waals surface area contributed by atoms with Crippen LogP contribution in [0.1, 0.15) is 356 Å². The third kappa shape index (κ3) is 57.3. The van der Waals surface area contributed by atoms with Gasteiger partial charge in [-0.3, -0.25) is 14.4 Å². The fraction of sp³-hybridized carbons (Fsp3) is 0.953. The van der Waals surface area contributed by atoms with Gasteiger partial charge in [0.1, 0.15) is 13.2 Å². The number of rotatable bonds is 57. The Morgan fingerprint density at radius 2 is 0.414 bits per heavy atom. The summed E-state index contributed by atoms with van der Waals surface area (Å²) in [4.78, 5) is 38.3. The van der Waals surface area contributed by atoms with Gasteiger partial charge in [-0.05, 0) is 37.0 Å². The Bertz CT molecular complexity index is 1090. The SMILES string of the molecule is CC(C)CCCCCCCCCCCCCCCCCCCCC(=O)O[C@@H](COC(=O)CCCCCCCCCCCCCCCCCCC(C)C)COC(=O)CCCCCCCCCCCC(C)C. The van der Waals surface area contributed by atoms with Crippen molar-refractivity contribution in [1.29, 1.82) is 0 Å². The number of ether oxygens (including phenoxy) is 3. The minimum Gasteiger partial charge on any atom is -0.462 e. The first-order chi connectivity index (χ1) is 34.1. The lowest BCUT2D eigenvalue weighted by Gasteiger charge is -2.18. The van der Waals surface area contributed by atoms with E-state index >= 15 is 0 Å². The highest BCUT2D eigenvalue weighted by Crippen LogP contribution is 2.19. The third-order valence-electron chi connectivity index (χ3n) is 14.6. The van der Waals surface area contributed by atoms with E-state index in [1.165, 1.54) is 238 Å². The molecule has 0 saturated carbocycles. The van der Waals surface area contributed by atoms with Gasteiger partial charge in [0, 0.05) is 19.3 Å². The van der Waals surface area contributed by atoms with Crippen LogP contribution in [0, 0.1) is 17.8 Å². The molecule has 0 spiro atoms. The summed E-state index contributed by atoms with van der Waals surface area (Å²) in [6.07, 6.45) is 59.7. The van der Waals surface area contributed by atoms with E-state index in [-0.39, 0.29) is 31.1 Å². The molecule has 0 aromatic carbocycles. The van der Waals surface area contributed by atoms with Gasteiger partial charge in [-0.1, -0.05) is 318 Å². The lowest BCUT2D eigenvalue weighted by atomic mass is 10.0. The molecule has 70 heavy (non-hydrogen) atoms. The molecule has 416 valence electrons. The first kappa shape index (κ1) is 68.4. The van der Waals surface area contributed by atoms with Crippen molar-refractivity contribution < 1.29 is 28.6 Å². The quantitative estimate of drug-likeness (QED) is 0.0343. The van der Waals surface area contributed by atoms with Crippen LogP contribution >= 0.6 is 0 Å². The number of hydrogen-bond acceptors (Lipinski definition) is 6. The van der Waals surface area contributed by atoms with E-state index in [0.29, 0.717) is 19.3 Å². The molecule has 0 unspecified atom stereocenters. The maximum absolute atomic E-state index is 12.9. The third-order valence-corrected chi connectivity index (χ3v) is 14.6. The van der Waals surface area contributed by atoms with Crippen molar-refractivity contribution in [2.75, 3.05) is 13.2 Å². The molecule has 6 nitrogen and oxygen atoms in total. The van der Waals surface area contributed by atoms with Crippen LogP contribution in [0.15, 0.2) is 0 Å². The van der Waals surface area contributed by atoms with Crippen LogP contribution in [0.25, 0.3) is 0 Å². The fourth-order valence-corrected chi connectivity index (χ4v) is 9.88. The Kier molecular flexibility index (Phi) is 53.9. The summed E-state index contributed by atoms with van der Waals surface area (Å²) in [6, 6.07) is 0. The minimum absolute atomic E-state index is 0.0630. The summed E-state index contributed by atoms with van der Waals surface area (Å²) in [7, 11) is 0. The topological polar surface area (TPSA) is 78.9 Å². The second-order valence-electron chi connectivity index (χ2n) is 23.5. The molecular weight excluding hydrogens is 865 g/mol. The zero-order chi connectivity index (χ0) is 51.2. The van der Waals surface area contributed by atoms with Gasteiger partial charge in [0.05, 0.1) is 0 Å². The Morgan fingerprint density at radius 1 is 0.243 bits per heavy atom. The second-order valence-corrected chi connectivity index (χ2v) is 23.5. The molecule has 0 radical (unpaired) electrons. The lowest BCUT2D eigenvalue weighted by Crippen LogP contribution is -2.30. The summed E-state index contributed by atoms with van der Waals surface area (Å²) in [6.45, 7) is 13.8. The second kappa shape index (κ2) is 55.2. The molecule has 0 aromatic heterocycles. The lowest BCUT2D eigenvalue weighted by molar-refractivity contribution is -0.167. The molecule has 0 N–H and O–H groups in total. The Labute approximate surface area is 438 Å². The van der Waals surface area contributed by atoms with Crippen molar-refractivity contribution in [3.8, 4) is 0 Å². The number of unbranched alkanes of at least 4 members (excludes halogenated alkanes) is 40. The van der Waals surface area contributed by atoms with E-state index in [2.05, 4.69) is 41.5 Å². The molecule has 0 rings (SSSR count). The number of hydrogen-bond donors (Lipinski definition) is 0. The molecule has 0 heterocycles. The van der Waals surface area contributed by atoms with Crippen LogP contribution in [0.2, 0.25) is 0 Å². The Hall–Kier alpha value is -1.59. The van der Waals surface area contributed by atoms with Gasteiger partial charge in [0.2, 0.25) is 0 Å². The zero-order valence-corrected chi connectivity index (χ0v) is 48.3. The van der Waals surface area contributed by atoms with E-state index in [0.717, 1.165) is 75.5 Å². The summed E-state index contributed by atoms with van der Waals surface area (Å²) >= 11 is 0. The van der Waals surface area contributed by atoms with Gasteiger partial charge in [-0.15, -0.1) is 0 Å². The fourth-order valence-electron chi connectivity index (χ4n) is 9.88.